The number of nitrogens with one attached hydrogen (secondary N) is 1. The number of anilines is 1. The maximum absolute atomic E-state index is 12.5. The summed E-state index contributed by atoms with van der Waals surface area (Å²) >= 11 is 0. The molecular weight excluding hydrogens is 426 g/mol. The van der Waals surface area contributed by atoms with E-state index < -0.39 is 33.4 Å². The van der Waals surface area contributed by atoms with Gasteiger partial charge in [0.2, 0.25) is 10.0 Å². The van der Waals surface area contributed by atoms with Gasteiger partial charge in [-0.3, -0.25) is 14.9 Å². The SMILES string of the molecule is Cc1ccc(C(=O)OCC(=O)Nc2ccc(S(=O)(=O)N3CCCC3)cc2)cc1[N+](=O)[O-]. The van der Waals surface area contributed by atoms with Crippen molar-refractivity contribution in [2.75, 3.05) is 25.0 Å². The van der Waals surface area contributed by atoms with Crippen LogP contribution in [-0.2, 0) is 19.6 Å². The minimum atomic E-state index is -3.55. The monoisotopic (exact) mass is 447 g/mol. The van der Waals surface area contributed by atoms with Gasteiger partial charge in [-0.05, 0) is 50.1 Å². The van der Waals surface area contributed by atoms with Crippen LogP contribution in [0.1, 0.15) is 28.8 Å². The Bertz CT molecular complexity index is 1110. The van der Waals surface area contributed by atoms with E-state index in [1.807, 2.05) is 0 Å². The van der Waals surface area contributed by atoms with Crippen LogP contribution >= 0.6 is 0 Å². The number of nitro benzene ring substituents is 1. The molecule has 0 radical (unpaired) electrons. The minimum Gasteiger partial charge on any atom is -0.452 e. The number of nitrogens with zero attached hydrogens (tertiary/aromatic N) is 2. The van der Waals surface area contributed by atoms with E-state index in [0.29, 0.717) is 24.3 Å². The average Bonchev–Trinajstić information content (AvgIpc) is 3.28. The Labute approximate surface area is 179 Å². The zero-order valence-corrected chi connectivity index (χ0v) is 17.6. The molecule has 2 aromatic carbocycles. The number of sulfonamides is 1. The van der Waals surface area contributed by atoms with E-state index in [0.717, 1.165) is 18.9 Å². The third-order valence-corrected chi connectivity index (χ3v) is 6.73. The molecule has 1 heterocycles. The molecule has 0 bridgehead atoms. The maximum atomic E-state index is 12.5. The highest BCUT2D eigenvalue weighted by Crippen LogP contribution is 2.22. The molecule has 0 aliphatic carbocycles. The molecule has 10 nitrogen and oxygen atoms in total. The lowest BCUT2D eigenvalue weighted by atomic mass is 10.1. The Kier molecular flexibility index (Phi) is 6.66. The first kappa shape index (κ1) is 22.4. The van der Waals surface area contributed by atoms with E-state index >= 15 is 0 Å². The van der Waals surface area contributed by atoms with Gasteiger partial charge in [-0.2, -0.15) is 4.31 Å². The Morgan fingerprint density at radius 3 is 2.39 bits per heavy atom. The van der Waals surface area contributed by atoms with Crippen molar-refractivity contribution < 1.29 is 27.7 Å². The van der Waals surface area contributed by atoms with Crippen LogP contribution in [0.15, 0.2) is 47.4 Å². The Hall–Kier alpha value is -3.31. The second-order valence-electron chi connectivity index (χ2n) is 7.02. The first-order valence-electron chi connectivity index (χ1n) is 9.51. The second-order valence-corrected chi connectivity index (χ2v) is 8.96. The number of nitro groups is 1. The first-order valence-corrected chi connectivity index (χ1v) is 10.9. The molecule has 2 aromatic rings. The van der Waals surface area contributed by atoms with Crippen molar-refractivity contribution >= 4 is 33.3 Å². The fourth-order valence-electron chi connectivity index (χ4n) is 3.13. The minimum absolute atomic E-state index is 0.0402. The first-order chi connectivity index (χ1) is 14.7. The normalized spacial score (nSPS) is 14.2. The summed E-state index contributed by atoms with van der Waals surface area (Å²) < 4.78 is 31.3. The summed E-state index contributed by atoms with van der Waals surface area (Å²) in [5, 5.41) is 13.5. The standard InChI is InChI=1S/C20H21N3O7S/c1-14-4-5-15(12-18(14)23(26)27)20(25)30-13-19(24)21-16-6-8-17(9-7-16)31(28,29)22-10-2-3-11-22/h4-9,12H,2-3,10-11,13H2,1H3,(H,21,24). The van der Waals surface area contributed by atoms with Crippen LogP contribution in [0, 0.1) is 17.0 Å². The average molecular weight is 447 g/mol. The van der Waals surface area contributed by atoms with Crippen molar-refractivity contribution in [2.45, 2.75) is 24.7 Å². The van der Waals surface area contributed by atoms with Gasteiger partial charge in [0, 0.05) is 30.4 Å². The van der Waals surface area contributed by atoms with Crippen molar-refractivity contribution in [3.63, 3.8) is 0 Å². The highest BCUT2D eigenvalue weighted by molar-refractivity contribution is 7.89. The van der Waals surface area contributed by atoms with Gasteiger partial charge in [-0.1, -0.05) is 6.07 Å². The van der Waals surface area contributed by atoms with Crippen LogP contribution in [0.5, 0.6) is 0 Å². The molecule has 0 unspecified atom stereocenters. The Morgan fingerprint density at radius 2 is 1.77 bits per heavy atom. The van der Waals surface area contributed by atoms with E-state index in [4.69, 9.17) is 4.74 Å². The number of rotatable bonds is 7. The van der Waals surface area contributed by atoms with Gasteiger partial charge >= 0.3 is 5.97 Å². The zero-order chi connectivity index (χ0) is 22.6. The summed E-state index contributed by atoms with van der Waals surface area (Å²) in [6.45, 7) is 1.93. The van der Waals surface area contributed by atoms with Crippen LogP contribution in [0.4, 0.5) is 11.4 Å². The largest absolute Gasteiger partial charge is 0.452 e. The lowest BCUT2D eigenvalue weighted by Gasteiger charge is -2.15. The summed E-state index contributed by atoms with van der Waals surface area (Å²) in [6, 6.07) is 9.60. The lowest BCUT2D eigenvalue weighted by Crippen LogP contribution is -2.27. The summed E-state index contributed by atoms with van der Waals surface area (Å²) in [7, 11) is -3.55. The highest BCUT2D eigenvalue weighted by atomic mass is 32.2. The molecular formula is C20H21N3O7S. The van der Waals surface area contributed by atoms with Gasteiger partial charge in [0.25, 0.3) is 11.6 Å². The predicted octanol–water partition coefficient (Wildman–Crippen LogP) is 2.48. The molecule has 1 saturated heterocycles. The van der Waals surface area contributed by atoms with Crippen molar-refractivity contribution in [1.82, 2.24) is 4.31 Å². The smallest absolute Gasteiger partial charge is 0.338 e. The van der Waals surface area contributed by atoms with Gasteiger partial charge in [0.05, 0.1) is 15.4 Å². The summed E-state index contributed by atoms with van der Waals surface area (Å²) in [6.07, 6.45) is 1.67. The van der Waals surface area contributed by atoms with Gasteiger partial charge in [0.1, 0.15) is 0 Å². The molecule has 1 aliphatic rings. The number of hydrogen-bond acceptors (Lipinski definition) is 7. The van der Waals surface area contributed by atoms with Crippen LogP contribution in [0.2, 0.25) is 0 Å². The molecule has 0 aromatic heterocycles. The number of hydrogen-bond donors (Lipinski definition) is 1. The fraction of sp³-hybridized carbons (Fsp3) is 0.300. The molecule has 3 rings (SSSR count). The van der Waals surface area contributed by atoms with Crippen molar-refractivity contribution in [1.29, 1.82) is 0 Å². The van der Waals surface area contributed by atoms with Crippen molar-refractivity contribution in [3.05, 3.63) is 63.7 Å². The third kappa shape index (κ3) is 5.25. The topological polar surface area (TPSA) is 136 Å². The number of carbonyl (C=O) groups excluding carboxylic acids is 2. The number of amides is 1. The number of esters is 1. The molecule has 0 saturated carbocycles. The molecule has 1 N–H and O–H groups in total. The van der Waals surface area contributed by atoms with Crippen LogP contribution in [0.3, 0.4) is 0 Å². The second kappa shape index (κ2) is 9.23. The van der Waals surface area contributed by atoms with E-state index in [-0.39, 0.29) is 16.1 Å². The number of aryl methyl sites for hydroxylation is 1. The fourth-order valence-corrected chi connectivity index (χ4v) is 4.65. The number of benzene rings is 2. The Morgan fingerprint density at radius 1 is 1.13 bits per heavy atom. The van der Waals surface area contributed by atoms with Crippen LogP contribution < -0.4 is 5.32 Å². The van der Waals surface area contributed by atoms with Crippen molar-refractivity contribution in [2.24, 2.45) is 0 Å². The maximum Gasteiger partial charge on any atom is 0.338 e. The summed E-state index contributed by atoms with van der Waals surface area (Å²) in [5.74, 6) is -1.50. The molecule has 31 heavy (non-hydrogen) atoms. The van der Waals surface area contributed by atoms with E-state index in [9.17, 15) is 28.1 Å². The molecule has 164 valence electrons. The molecule has 1 amide bonds. The van der Waals surface area contributed by atoms with Gasteiger partial charge in [-0.25, -0.2) is 13.2 Å². The summed E-state index contributed by atoms with van der Waals surface area (Å²) in [5.41, 5.74) is 0.478. The number of ether oxygens (including phenoxy) is 1. The van der Waals surface area contributed by atoms with Gasteiger partial charge in [-0.15, -0.1) is 0 Å². The van der Waals surface area contributed by atoms with Crippen LogP contribution in [-0.4, -0.2) is 49.2 Å². The van der Waals surface area contributed by atoms with E-state index in [1.54, 1.807) is 6.92 Å². The van der Waals surface area contributed by atoms with Gasteiger partial charge < -0.3 is 10.1 Å². The number of carbonyl (C=O) groups is 2. The molecule has 1 fully saturated rings. The molecule has 11 heteroatoms. The lowest BCUT2D eigenvalue weighted by molar-refractivity contribution is -0.385. The van der Waals surface area contributed by atoms with E-state index in [2.05, 4.69) is 5.32 Å². The highest BCUT2D eigenvalue weighted by Gasteiger charge is 2.27. The summed E-state index contributed by atoms with van der Waals surface area (Å²) in [4.78, 5) is 34.6. The molecule has 0 atom stereocenters. The predicted molar refractivity (Wildman–Crippen MR) is 111 cm³/mol. The third-order valence-electron chi connectivity index (χ3n) is 4.82. The molecule has 1 aliphatic heterocycles. The van der Waals surface area contributed by atoms with Crippen molar-refractivity contribution in [3.8, 4) is 0 Å². The Balaban J connectivity index is 1.57. The molecule has 0 spiro atoms. The zero-order valence-electron chi connectivity index (χ0n) is 16.7. The quantitative estimate of drug-likeness (QED) is 0.391. The van der Waals surface area contributed by atoms with Gasteiger partial charge in [0.15, 0.2) is 6.61 Å². The van der Waals surface area contributed by atoms with E-state index in [1.165, 1.54) is 40.7 Å². The van der Waals surface area contributed by atoms with Crippen LogP contribution in [0.25, 0.3) is 0 Å².